The van der Waals surface area contributed by atoms with Gasteiger partial charge in [0.25, 0.3) is 0 Å². The number of unbranched alkanes of at least 4 members (excludes halogenated alkanes) is 1. The summed E-state index contributed by atoms with van der Waals surface area (Å²) in [5.74, 6) is 0.146. The van der Waals surface area contributed by atoms with Crippen LogP contribution in [-0.2, 0) is 17.9 Å². The number of halogens is 1. The lowest BCUT2D eigenvalue weighted by Crippen LogP contribution is -2.11. The molecule has 2 heterocycles. The molecule has 23 heavy (non-hydrogen) atoms. The normalized spacial score (nSPS) is 11.0. The predicted molar refractivity (Wildman–Crippen MR) is 87.8 cm³/mol. The van der Waals surface area contributed by atoms with Crippen molar-refractivity contribution in [3.05, 3.63) is 40.3 Å². The van der Waals surface area contributed by atoms with Crippen molar-refractivity contribution in [1.29, 1.82) is 0 Å². The van der Waals surface area contributed by atoms with Gasteiger partial charge in [0.15, 0.2) is 12.4 Å². The molecule has 3 rings (SSSR count). The molecule has 1 N–H and O–H groups in total. The standard InChI is InChI=1S/C15H16BrN5O2/c1-2-3-6-21-14(18-19-20-21)9-23-15(22)12-8-17-13-5-4-10(16)7-11(12)13/h4-5,7-8,17H,2-3,6,9H2,1H3. The van der Waals surface area contributed by atoms with E-state index in [1.54, 1.807) is 10.9 Å². The van der Waals surface area contributed by atoms with Gasteiger partial charge in [0.1, 0.15) is 0 Å². The van der Waals surface area contributed by atoms with Crippen molar-refractivity contribution < 1.29 is 9.53 Å². The minimum atomic E-state index is -0.403. The minimum absolute atomic E-state index is 0.0518. The number of aryl methyl sites for hydroxylation is 1. The molecule has 7 nitrogen and oxygen atoms in total. The van der Waals surface area contributed by atoms with E-state index >= 15 is 0 Å². The van der Waals surface area contributed by atoms with Crippen molar-refractivity contribution in [2.75, 3.05) is 0 Å². The average molecular weight is 378 g/mol. The van der Waals surface area contributed by atoms with E-state index in [1.165, 1.54) is 0 Å². The molecular weight excluding hydrogens is 362 g/mol. The number of aromatic nitrogens is 5. The third kappa shape index (κ3) is 3.42. The zero-order chi connectivity index (χ0) is 16.2. The van der Waals surface area contributed by atoms with Gasteiger partial charge in [-0.15, -0.1) is 5.10 Å². The summed E-state index contributed by atoms with van der Waals surface area (Å²) in [5.41, 5.74) is 1.38. The molecule has 0 bridgehead atoms. The van der Waals surface area contributed by atoms with Gasteiger partial charge in [0, 0.05) is 28.1 Å². The highest BCUT2D eigenvalue weighted by molar-refractivity contribution is 9.10. The molecule has 0 radical (unpaired) electrons. The summed E-state index contributed by atoms with van der Waals surface area (Å²) in [4.78, 5) is 15.4. The van der Waals surface area contributed by atoms with E-state index in [9.17, 15) is 4.79 Å². The van der Waals surface area contributed by atoms with Gasteiger partial charge in [0.05, 0.1) is 5.56 Å². The molecule has 0 spiro atoms. The number of nitrogens with zero attached hydrogens (tertiary/aromatic N) is 4. The van der Waals surface area contributed by atoms with Crippen LogP contribution in [0.5, 0.6) is 0 Å². The van der Waals surface area contributed by atoms with E-state index in [0.717, 1.165) is 34.8 Å². The number of carbonyl (C=O) groups is 1. The zero-order valence-electron chi connectivity index (χ0n) is 12.6. The second kappa shape index (κ2) is 6.91. The maximum Gasteiger partial charge on any atom is 0.340 e. The van der Waals surface area contributed by atoms with E-state index in [-0.39, 0.29) is 6.61 Å². The van der Waals surface area contributed by atoms with Gasteiger partial charge in [0.2, 0.25) is 0 Å². The van der Waals surface area contributed by atoms with E-state index in [1.807, 2.05) is 18.2 Å². The fraction of sp³-hybridized carbons (Fsp3) is 0.333. The first-order chi connectivity index (χ1) is 11.2. The van der Waals surface area contributed by atoms with Gasteiger partial charge in [-0.3, -0.25) is 0 Å². The van der Waals surface area contributed by atoms with Gasteiger partial charge >= 0.3 is 5.97 Å². The van der Waals surface area contributed by atoms with Gasteiger partial charge < -0.3 is 9.72 Å². The molecule has 0 atom stereocenters. The maximum absolute atomic E-state index is 12.3. The van der Waals surface area contributed by atoms with Crippen molar-refractivity contribution in [2.24, 2.45) is 0 Å². The van der Waals surface area contributed by atoms with Crippen LogP contribution in [-0.4, -0.2) is 31.2 Å². The molecule has 0 unspecified atom stereocenters. The van der Waals surface area contributed by atoms with Gasteiger partial charge in [-0.2, -0.15) is 0 Å². The first kappa shape index (κ1) is 15.7. The average Bonchev–Trinajstić information content (AvgIpc) is 3.16. The van der Waals surface area contributed by atoms with Crippen LogP contribution in [0.1, 0.15) is 35.9 Å². The molecule has 0 aliphatic rings. The summed E-state index contributed by atoms with van der Waals surface area (Å²) < 4.78 is 7.94. The highest BCUT2D eigenvalue weighted by Gasteiger charge is 2.15. The van der Waals surface area contributed by atoms with Gasteiger partial charge in [-0.05, 0) is 35.0 Å². The smallest absolute Gasteiger partial charge is 0.340 e. The number of carbonyl (C=O) groups excluding carboxylic acids is 1. The Morgan fingerprint density at radius 3 is 3.13 bits per heavy atom. The Labute approximate surface area is 141 Å². The molecule has 2 aromatic heterocycles. The number of esters is 1. The third-order valence-corrected chi connectivity index (χ3v) is 4.02. The molecule has 0 aliphatic heterocycles. The minimum Gasteiger partial charge on any atom is -0.454 e. The number of aromatic amines is 1. The molecular formula is C15H16BrN5O2. The first-order valence-corrected chi connectivity index (χ1v) is 8.17. The highest BCUT2D eigenvalue weighted by atomic mass is 79.9. The van der Waals surface area contributed by atoms with E-state index in [0.29, 0.717) is 11.4 Å². The number of nitrogens with one attached hydrogen (secondary N) is 1. The van der Waals surface area contributed by atoms with Crippen molar-refractivity contribution >= 4 is 32.8 Å². The third-order valence-electron chi connectivity index (χ3n) is 3.53. The molecule has 1 aromatic carbocycles. The largest absolute Gasteiger partial charge is 0.454 e. The molecule has 0 saturated carbocycles. The highest BCUT2D eigenvalue weighted by Crippen LogP contribution is 2.23. The van der Waals surface area contributed by atoms with Crippen LogP contribution < -0.4 is 0 Å². The van der Waals surface area contributed by atoms with Crippen LogP contribution in [0.15, 0.2) is 28.9 Å². The van der Waals surface area contributed by atoms with Crippen LogP contribution in [0.2, 0.25) is 0 Å². The summed E-state index contributed by atoms with van der Waals surface area (Å²) in [6.07, 6.45) is 3.67. The molecule has 0 aliphatic carbocycles. The predicted octanol–water partition coefficient (Wildman–Crippen LogP) is 3.07. The molecule has 3 aromatic rings. The van der Waals surface area contributed by atoms with Crippen molar-refractivity contribution in [2.45, 2.75) is 32.9 Å². The molecule has 0 saturated heterocycles. The fourth-order valence-electron chi connectivity index (χ4n) is 2.28. The Morgan fingerprint density at radius 2 is 2.30 bits per heavy atom. The van der Waals surface area contributed by atoms with Gasteiger partial charge in [-0.25, -0.2) is 9.48 Å². The second-order valence-corrected chi connectivity index (χ2v) is 6.06. The second-order valence-electron chi connectivity index (χ2n) is 5.14. The first-order valence-electron chi connectivity index (χ1n) is 7.38. The number of hydrogen-bond acceptors (Lipinski definition) is 5. The Balaban J connectivity index is 1.72. The van der Waals surface area contributed by atoms with E-state index in [2.05, 4.69) is 43.4 Å². The number of hydrogen-bond donors (Lipinski definition) is 1. The van der Waals surface area contributed by atoms with Crippen LogP contribution >= 0.6 is 15.9 Å². The fourth-order valence-corrected chi connectivity index (χ4v) is 2.64. The summed E-state index contributed by atoms with van der Waals surface area (Å²) in [6.45, 7) is 2.87. The number of benzene rings is 1. The maximum atomic E-state index is 12.3. The van der Waals surface area contributed by atoms with Crippen LogP contribution in [0, 0.1) is 0 Å². The summed E-state index contributed by atoms with van der Waals surface area (Å²) in [5, 5.41) is 12.3. The Bertz CT molecular complexity index is 826. The molecule has 120 valence electrons. The van der Waals surface area contributed by atoms with Crippen LogP contribution in [0.4, 0.5) is 0 Å². The lowest BCUT2D eigenvalue weighted by molar-refractivity contribution is 0.0458. The Hall–Kier alpha value is -2.22. The van der Waals surface area contributed by atoms with E-state index < -0.39 is 5.97 Å². The summed E-state index contributed by atoms with van der Waals surface area (Å²) in [7, 11) is 0. The molecule has 8 heteroatoms. The van der Waals surface area contributed by atoms with Gasteiger partial charge in [-0.1, -0.05) is 29.3 Å². The van der Waals surface area contributed by atoms with Crippen LogP contribution in [0.25, 0.3) is 10.9 Å². The SMILES string of the molecule is CCCCn1nnnc1COC(=O)c1c[nH]c2ccc(Br)cc12. The number of H-pyrrole nitrogens is 1. The van der Waals surface area contributed by atoms with E-state index in [4.69, 9.17) is 4.74 Å². The molecule has 0 fully saturated rings. The quantitative estimate of drug-likeness (QED) is 0.667. The number of ether oxygens (including phenoxy) is 1. The lowest BCUT2D eigenvalue weighted by Gasteiger charge is -2.05. The number of tetrazole rings is 1. The zero-order valence-corrected chi connectivity index (χ0v) is 14.2. The topological polar surface area (TPSA) is 85.7 Å². The van der Waals surface area contributed by atoms with Crippen molar-refractivity contribution in [1.82, 2.24) is 25.2 Å². The molecule has 0 amide bonds. The summed E-state index contributed by atoms with van der Waals surface area (Å²) in [6, 6.07) is 5.70. The lowest BCUT2D eigenvalue weighted by atomic mass is 10.2. The van der Waals surface area contributed by atoms with Crippen LogP contribution in [0.3, 0.4) is 0 Å². The Morgan fingerprint density at radius 1 is 1.43 bits per heavy atom. The van der Waals surface area contributed by atoms with Crippen molar-refractivity contribution in [3.63, 3.8) is 0 Å². The van der Waals surface area contributed by atoms with Crippen molar-refractivity contribution in [3.8, 4) is 0 Å². The monoisotopic (exact) mass is 377 g/mol. The number of fused-ring (bicyclic) bond motifs is 1. The summed E-state index contributed by atoms with van der Waals surface area (Å²) >= 11 is 3.41. The number of rotatable bonds is 6. The Kier molecular flexibility index (Phi) is 4.71.